The Bertz CT molecular complexity index is 657. The third-order valence-electron chi connectivity index (χ3n) is 3.16. The molecule has 2 rings (SSSR count). The minimum Gasteiger partial charge on any atom is -0.368 e. The predicted molar refractivity (Wildman–Crippen MR) is 79.8 cm³/mol. The molecule has 0 atom stereocenters. The van der Waals surface area contributed by atoms with Crippen LogP contribution in [0.5, 0.6) is 0 Å². The van der Waals surface area contributed by atoms with Crippen LogP contribution in [0.25, 0.3) is 0 Å². The van der Waals surface area contributed by atoms with Crippen molar-refractivity contribution in [2.24, 2.45) is 0 Å². The number of carbonyl (C=O) groups excluding carboxylic acids is 1. The molecule has 104 valence electrons. The molecule has 0 radical (unpaired) electrons. The van der Waals surface area contributed by atoms with Crippen LogP contribution in [0, 0.1) is 27.7 Å². The summed E-state index contributed by atoms with van der Waals surface area (Å²) in [5, 5.41) is 2.92. The highest BCUT2D eigenvalue weighted by molar-refractivity contribution is 6.05. The van der Waals surface area contributed by atoms with Crippen LogP contribution in [-0.2, 0) is 0 Å². The van der Waals surface area contributed by atoms with Crippen molar-refractivity contribution in [2.45, 2.75) is 27.7 Å². The van der Waals surface area contributed by atoms with Crippen molar-refractivity contribution in [3.63, 3.8) is 0 Å². The Labute approximate surface area is 118 Å². The molecule has 2 aromatic rings. The molecule has 0 aliphatic carbocycles. The minimum absolute atomic E-state index is 0.168. The summed E-state index contributed by atoms with van der Waals surface area (Å²) < 4.78 is 0. The van der Waals surface area contributed by atoms with Crippen LogP contribution in [0.3, 0.4) is 0 Å². The topological polar surface area (TPSA) is 80.9 Å². The molecule has 0 saturated carbocycles. The van der Waals surface area contributed by atoms with Crippen LogP contribution in [0.15, 0.2) is 18.3 Å². The average molecular weight is 270 g/mol. The van der Waals surface area contributed by atoms with E-state index in [9.17, 15) is 4.79 Å². The van der Waals surface area contributed by atoms with Crippen molar-refractivity contribution in [1.82, 2.24) is 9.97 Å². The van der Waals surface area contributed by atoms with E-state index >= 15 is 0 Å². The molecule has 20 heavy (non-hydrogen) atoms. The highest BCUT2D eigenvalue weighted by atomic mass is 16.1. The molecule has 5 heteroatoms. The van der Waals surface area contributed by atoms with Gasteiger partial charge >= 0.3 is 0 Å². The van der Waals surface area contributed by atoms with Gasteiger partial charge in [-0.05, 0) is 38.8 Å². The molecule has 1 aromatic heterocycles. The Kier molecular flexibility index (Phi) is 3.70. The second kappa shape index (κ2) is 5.28. The second-order valence-corrected chi connectivity index (χ2v) is 4.96. The van der Waals surface area contributed by atoms with E-state index in [1.165, 1.54) is 11.8 Å². The number of nitrogens with two attached hydrogens (primary N) is 1. The maximum absolute atomic E-state index is 12.3. The Morgan fingerprint density at radius 1 is 1.15 bits per heavy atom. The monoisotopic (exact) mass is 270 g/mol. The van der Waals surface area contributed by atoms with Crippen molar-refractivity contribution in [3.8, 4) is 0 Å². The third kappa shape index (κ3) is 2.77. The summed E-state index contributed by atoms with van der Waals surface area (Å²) in [5.41, 5.74) is 10.6. The molecule has 0 unspecified atom stereocenters. The first-order chi connectivity index (χ1) is 9.38. The summed E-state index contributed by atoms with van der Waals surface area (Å²) >= 11 is 0. The number of nitrogen functional groups attached to an aromatic ring is 1. The van der Waals surface area contributed by atoms with Crippen molar-refractivity contribution < 1.29 is 4.79 Å². The van der Waals surface area contributed by atoms with Crippen LogP contribution in [0.2, 0.25) is 0 Å². The van der Waals surface area contributed by atoms with E-state index in [-0.39, 0.29) is 11.9 Å². The summed E-state index contributed by atoms with van der Waals surface area (Å²) in [5.74, 6) is -0.0562. The maximum Gasteiger partial charge on any atom is 0.259 e. The number of rotatable bonds is 2. The summed E-state index contributed by atoms with van der Waals surface area (Å²) in [6.45, 7) is 7.72. The molecule has 0 bridgehead atoms. The number of carbonyl (C=O) groups is 1. The molecule has 0 saturated heterocycles. The lowest BCUT2D eigenvalue weighted by atomic mass is 10.0. The van der Waals surface area contributed by atoms with Crippen molar-refractivity contribution in [3.05, 3.63) is 46.3 Å². The standard InChI is InChI=1S/C15H18N4O/c1-8-5-9(2)13(10(3)6-8)19-14(20)12-7-17-15(16)18-11(12)4/h5-7H,1-4H3,(H,19,20)(H2,16,17,18). The fourth-order valence-corrected chi connectivity index (χ4v) is 2.27. The molecule has 1 amide bonds. The molecule has 3 N–H and O–H groups in total. The van der Waals surface area contributed by atoms with Gasteiger partial charge in [0.1, 0.15) is 0 Å². The molecule has 0 aliphatic heterocycles. The van der Waals surface area contributed by atoms with Crippen LogP contribution in [0.4, 0.5) is 11.6 Å². The first kappa shape index (κ1) is 14.0. The van der Waals surface area contributed by atoms with Gasteiger partial charge in [-0.15, -0.1) is 0 Å². The molecule has 5 nitrogen and oxygen atoms in total. The zero-order valence-corrected chi connectivity index (χ0v) is 12.1. The number of hydrogen-bond acceptors (Lipinski definition) is 4. The zero-order chi connectivity index (χ0) is 14.9. The quantitative estimate of drug-likeness (QED) is 0.878. The maximum atomic E-state index is 12.3. The first-order valence-electron chi connectivity index (χ1n) is 6.37. The van der Waals surface area contributed by atoms with Crippen LogP contribution in [-0.4, -0.2) is 15.9 Å². The van der Waals surface area contributed by atoms with Crippen LogP contribution in [0.1, 0.15) is 32.7 Å². The molecule has 1 aromatic carbocycles. The normalized spacial score (nSPS) is 10.4. The lowest BCUT2D eigenvalue weighted by molar-refractivity contribution is 0.102. The number of benzene rings is 1. The summed E-state index contributed by atoms with van der Waals surface area (Å²) in [4.78, 5) is 20.2. The summed E-state index contributed by atoms with van der Waals surface area (Å²) in [6, 6.07) is 4.07. The molecule has 1 heterocycles. The van der Waals surface area contributed by atoms with Gasteiger partial charge in [-0.3, -0.25) is 4.79 Å². The molecule has 0 aliphatic rings. The van der Waals surface area contributed by atoms with Gasteiger partial charge in [-0.25, -0.2) is 9.97 Å². The SMILES string of the molecule is Cc1cc(C)c(NC(=O)c2cnc(N)nc2C)c(C)c1. The van der Waals surface area contributed by atoms with E-state index in [1.807, 2.05) is 32.9 Å². The zero-order valence-electron chi connectivity index (χ0n) is 12.1. The molecule has 0 spiro atoms. The van der Waals surface area contributed by atoms with Crippen molar-refractivity contribution >= 4 is 17.5 Å². The smallest absolute Gasteiger partial charge is 0.259 e. The van der Waals surface area contributed by atoms with Gasteiger partial charge in [0.25, 0.3) is 5.91 Å². The average Bonchev–Trinajstić information content (AvgIpc) is 2.33. The Balaban J connectivity index is 2.33. The fourth-order valence-electron chi connectivity index (χ4n) is 2.27. The van der Waals surface area contributed by atoms with E-state index in [1.54, 1.807) is 6.92 Å². The van der Waals surface area contributed by atoms with Gasteiger partial charge in [0.15, 0.2) is 0 Å². The van der Waals surface area contributed by atoms with Crippen LogP contribution < -0.4 is 11.1 Å². The fraction of sp³-hybridized carbons (Fsp3) is 0.267. The number of aryl methyl sites for hydroxylation is 4. The van der Waals surface area contributed by atoms with Gasteiger partial charge in [-0.2, -0.15) is 0 Å². The number of anilines is 2. The summed E-state index contributed by atoms with van der Waals surface area (Å²) in [6.07, 6.45) is 1.45. The lowest BCUT2D eigenvalue weighted by Crippen LogP contribution is -2.16. The van der Waals surface area contributed by atoms with Gasteiger partial charge in [0.2, 0.25) is 5.95 Å². The highest BCUT2D eigenvalue weighted by Gasteiger charge is 2.14. The Morgan fingerprint density at radius 2 is 1.75 bits per heavy atom. The second-order valence-electron chi connectivity index (χ2n) is 4.96. The van der Waals surface area contributed by atoms with E-state index in [0.29, 0.717) is 11.3 Å². The molecular weight excluding hydrogens is 252 g/mol. The number of aromatic nitrogens is 2. The highest BCUT2D eigenvalue weighted by Crippen LogP contribution is 2.22. The van der Waals surface area contributed by atoms with E-state index in [4.69, 9.17) is 5.73 Å². The first-order valence-corrected chi connectivity index (χ1v) is 6.37. The number of nitrogens with zero attached hydrogens (tertiary/aromatic N) is 2. The van der Waals surface area contributed by atoms with Gasteiger partial charge in [0, 0.05) is 11.9 Å². The summed E-state index contributed by atoms with van der Waals surface area (Å²) in [7, 11) is 0. The molecule has 0 fully saturated rings. The molecular formula is C15H18N4O. The predicted octanol–water partition coefficient (Wildman–Crippen LogP) is 2.54. The number of nitrogens with one attached hydrogen (secondary N) is 1. The van der Waals surface area contributed by atoms with E-state index < -0.39 is 0 Å². The van der Waals surface area contributed by atoms with Gasteiger partial charge in [0.05, 0.1) is 11.3 Å². The van der Waals surface area contributed by atoms with Gasteiger partial charge in [-0.1, -0.05) is 17.7 Å². The minimum atomic E-state index is -0.224. The van der Waals surface area contributed by atoms with Gasteiger partial charge < -0.3 is 11.1 Å². The van der Waals surface area contributed by atoms with Crippen molar-refractivity contribution in [2.75, 3.05) is 11.1 Å². The van der Waals surface area contributed by atoms with Crippen molar-refractivity contribution in [1.29, 1.82) is 0 Å². The third-order valence-corrected chi connectivity index (χ3v) is 3.16. The lowest BCUT2D eigenvalue weighted by Gasteiger charge is -2.13. The Morgan fingerprint density at radius 3 is 2.30 bits per heavy atom. The Hall–Kier alpha value is -2.43. The van der Waals surface area contributed by atoms with Crippen LogP contribution >= 0.6 is 0 Å². The largest absolute Gasteiger partial charge is 0.368 e. The van der Waals surface area contributed by atoms with E-state index in [0.717, 1.165) is 16.8 Å². The number of hydrogen-bond donors (Lipinski definition) is 2. The number of amides is 1. The van der Waals surface area contributed by atoms with E-state index in [2.05, 4.69) is 15.3 Å².